The average Bonchev–Trinajstić information content (AvgIpc) is 3.91. The molecule has 6 heteroatoms. The second-order valence-electron chi connectivity index (χ2n) is 12.5. The molecule has 7 aromatic carbocycles. The quantitative estimate of drug-likeness (QED) is 0.184. The predicted octanol–water partition coefficient (Wildman–Crippen LogP) is 12.7. The van der Waals surface area contributed by atoms with Crippen molar-refractivity contribution >= 4 is 84.8 Å². The highest BCUT2D eigenvalue weighted by Gasteiger charge is 2.19. The summed E-state index contributed by atoms with van der Waals surface area (Å²) in [4.78, 5) is 14.3. The van der Waals surface area contributed by atoms with Crippen LogP contribution in [0.25, 0.3) is 102 Å². The minimum Gasteiger partial charge on any atom is -0.308 e. The molecular weight excluding hydrogens is 661 g/mol. The Morgan fingerprint density at radius 1 is 0.451 bits per heavy atom. The second-order valence-corrected chi connectivity index (χ2v) is 14.6. The average molecular weight is 692 g/mol. The minimum absolute atomic E-state index is 0.0193. The van der Waals surface area contributed by atoms with Crippen LogP contribution in [-0.2, 0) is 0 Å². The van der Waals surface area contributed by atoms with Crippen LogP contribution in [0, 0.1) is 0 Å². The first kappa shape index (κ1) is 24.0. The lowest BCUT2D eigenvalue weighted by molar-refractivity contribution is 1.07. The number of benzene rings is 7. The number of hydrogen-bond acceptors (Lipinski definition) is 5. The van der Waals surface area contributed by atoms with E-state index in [0.717, 1.165) is 42.5 Å². The van der Waals surface area contributed by atoms with Crippen LogP contribution in [-0.4, -0.2) is 19.5 Å². The summed E-state index contributed by atoms with van der Waals surface area (Å²) in [5.74, 6) is 0.710. The fourth-order valence-electron chi connectivity index (χ4n) is 7.24. The van der Waals surface area contributed by atoms with Gasteiger partial charge in [-0.15, -0.1) is 22.7 Å². The molecule has 51 heavy (non-hydrogen) atoms. The third kappa shape index (κ3) is 4.47. The van der Waals surface area contributed by atoms with Crippen LogP contribution in [0.5, 0.6) is 0 Å². The van der Waals surface area contributed by atoms with Gasteiger partial charge in [0.1, 0.15) is 0 Å². The van der Waals surface area contributed by atoms with Gasteiger partial charge in [0.2, 0.25) is 0 Å². The van der Waals surface area contributed by atoms with Crippen molar-refractivity contribution in [3.63, 3.8) is 0 Å². The Labute approximate surface area is 307 Å². The number of thiophene rings is 2. The van der Waals surface area contributed by atoms with Gasteiger partial charge in [0.05, 0.1) is 22.6 Å². The van der Waals surface area contributed by atoms with E-state index in [4.69, 9.17) is 16.8 Å². The lowest BCUT2D eigenvalue weighted by Crippen LogP contribution is -1.99. The van der Waals surface area contributed by atoms with Crippen molar-refractivity contribution in [2.75, 3.05) is 0 Å². The molecule has 238 valence electrons. The van der Waals surface area contributed by atoms with Gasteiger partial charge < -0.3 is 4.57 Å². The van der Waals surface area contributed by atoms with Gasteiger partial charge in [-0.1, -0.05) is 121 Å². The molecule has 0 aliphatic rings. The zero-order valence-corrected chi connectivity index (χ0v) is 28.4. The Kier molecular flexibility index (Phi) is 5.25. The first-order valence-corrected chi connectivity index (χ1v) is 18.2. The van der Waals surface area contributed by atoms with Gasteiger partial charge in [-0.2, -0.15) is 0 Å². The summed E-state index contributed by atoms with van der Waals surface area (Å²) in [6.45, 7) is 0. The number of para-hydroxylation sites is 1. The molecule has 0 atom stereocenters. The lowest BCUT2D eigenvalue weighted by Gasteiger charge is -2.09. The predicted molar refractivity (Wildman–Crippen MR) is 216 cm³/mol. The van der Waals surface area contributed by atoms with Crippen molar-refractivity contribution in [1.29, 1.82) is 0 Å². The summed E-state index contributed by atoms with van der Waals surface area (Å²) in [6.07, 6.45) is 0. The first-order chi connectivity index (χ1) is 27.3. The third-order valence-corrected chi connectivity index (χ3v) is 11.9. The normalized spacial score (nSPS) is 13.3. The molecule has 0 amide bonds. The molecule has 4 heterocycles. The van der Waals surface area contributed by atoms with Gasteiger partial charge >= 0.3 is 0 Å². The van der Waals surface area contributed by atoms with E-state index >= 15 is 0 Å². The van der Waals surface area contributed by atoms with Crippen molar-refractivity contribution in [2.45, 2.75) is 0 Å². The molecule has 0 saturated heterocycles. The van der Waals surface area contributed by atoms with E-state index in [0.29, 0.717) is 11.6 Å². The van der Waals surface area contributed by atoms with E-state index in [2.05, 4.69) is 101 Å². The summed E-state index contributed by atoms with van der Waals surface area (Å²) in [5.41, 5.74) is 4.85. The number of nitrogens with zero attached hydrogens (tertiary/aromatic N) is 4. The Bertz CT molecular complexity index is 3420. The van der Waals surface area contributed by atoms with Crippen LogP contribution in [0.2, 0.25) is 0 Å². The summed E-state index contributed by atoms with van der Waals surface area (Å²) in [6, 6.07) is 42.0. The summed E-state index contributed by atoms with van der Waals surface area (Å²) in [5, 5.41) is 7.23. The number of aromatic nitrogens is 4. The summed E-state index contributed by atoms with van der Waals surface area (Å²) < 4.78 is 49.1. The van der Waals surface area contributed by atoms with Crippen LogP contribution >= 0.6 is 22.7 Å². The number of rotatable bonds is 4. The topological polar surface area (TPSA) is 43.6 Å². The molecule has 4 aromatic heterocycles. The van der Waals surface area contributed by atoms with E-state index < -0.39 is 18.1 Å². The smallest absolute Gasteiger partial charge is 0.164 e. The van der Waals surface area contributed by atoms with Crippen LogP contribution < -0.4 is 0 Å². The lowest BCUT2D eigenvalue weighted by atomic mass is 10.1. The SMILES string of the molecule is [2H]c1c([2H])c([2H])c(-c2nc(-c3ccccc3)nc(-c3ccc4c(c3)sc3ccc(-n5c6ccccc6c6ccc7c8ccccc8sc7c65)cc34)n2)c([2H])c1[2H]. The van der Waals surface area contributed by atoms with Crippen LogP contribution in [0.4, 0.5) is 0 Å². The van der Waals surface area contributed by atoms with Gasteiger partial charge in [0.15, 0.2) is 17.5 Å². The largest absolute Gasteiger partial charge is 0.308 e. The molecule has 0 spiro atoms. The highest BCUT2D eigenvalue weighted by Crippen LogP contribution is 2.44. The van der Waals surface area contributed by atoms with Crippen molar-refractivity contribution < 1.29 is 6.85 Å². The van der Waals surface area contributed by atoms with E-state index in [1.54, 1.807) is 11.3 Å². The Morgan fingerprint density at radius 3 is 1.98 bits per heavy atom. The molecule has 0 fully saturated rings. The first-order valence-electron chi connectivity index (χ1n) is 19.0. The van der Waals surface area contributed by atoms with Crippen molar-refractivity contribution in [2.24, 2.45) is 0 Å². The molecule has 0 aliphatic heterocycles. The summed E-state index contributed by atoms with van der Waals surface area (Å²) >= 11 is 3.53. The van der Waals surface area contributed by atoms with Crippen molar-refractivity contribution in [1.82, 2.24) is 19.5 Å². The van der Waals surface area contributed by atoms with Gasteiger partial charge in [-0.25, -0.2) is 15.0 Å². The molecule has 0 N–H and O–H groups in total. The maximum absolute atomic E-state index is 8.64. The molecule has 0 bridgehead atoms. The monoisotopic (exact) mass is 691 g/mol. The second kappa shape index (κ2) is 11.2. The van der Waals surface area contributed by atoms with Gasteiger partial charge in [-0.3, -0.25) is 0 Å². The van der Waals surface area contributed by atoms with Crippen molar-refractivity contribution in [3.8, 4) is 39.9 Å². The highest BCUT2D eigenvalue weighted by atomic mass is 32.1. The number of hydrogen-bond donors (Lipinski definition) is 0. The van der Waals surface area contributed by atoms with Crippen LogP contribution in [0.3, 0.4) is 0 Å². The zero-order valence-electron chi connectivity index (χ0n) is 31.7. The molecule has 0 aliphatic carbocycles. The Hall–Kier alpha value is -6.21. The van der Waals surface area contributed by atoms with Gasteiger partial charge in [-0.05, 0) is 36.4 Å². The van der Waals surface area contributed by atoms with E-state index in [1.807, 2.05) is 47.7 Å². The highest BCUT2D eigenvalue weighted by molar-refractivity contribution is 7.26. The fraction of sp³-hybridized carbons (Fsp3) is 0. The zero-order chi connectivity index (χ0) is 37.8. The number of fused-ring (bicyclic) bond motifs is 10. The molecule has 11 aromatic rings. The van der Waals surface area contributed by atoms with Crippen LogP contribution in [0.1, 0.15) is 6.85 Å². The maximum atomic E-state index is 8.64. The van der Waals surface area contributed by atoms with E-state index in [-0.39, 0.29) is 23.5 Å². The third-order valence-electron chi connectivity index (χ3n) is 9.54. The van der Waals surface area contributed by atoms with Crippen molar-refractivity contribution in [3.05, 3.63) is 158 Å². The molecule has 0 radical (unpaired) electrons. The van der Waals surface area contributed by atoms with Gasteiger partial charge in [0.25, 0.3) is 0 Å². The maximum Gasteiger partial charge on any atom is 0.164 e. The van der Waals surface area contributed by atoms with Gasteiger partial charge in [0, 0.05) is 68.8 Å². The standard InChI is InChI=1S/C45H26N4S2/c1-3-11-27(12-4-1)43-46-44(28-13-5-2-6-14-28)48-45(47-43)29-19-21-33-36-26-30(20-24-39(36)50-40(33)25-29)49-37-17-9-7-15-31(37)34-22-23-35-32-16-8-10-18-38(32)51-42(35)41(34)49/h1-26H/i1D,3D,4D,11D,12D. The van der Waals surface area contributed by atoms with E-state index in [9.17, 15) is 0 Å². The fourth-order valence-corrected chi connectivity index (χ4v) is 9.60. The molecular formula is C45H26N4S2. The molecule has 0 unspecified atom stereocenters. The van der Waals surface area contributed by atoms with Crippen LogP contribution in [0.15, 0.2) is 158 Å². The Balaban J connectivity index is 1.10. The molecule has 11 rings (SSSR count). The molecule has 4 nitrogen and oxygen atoms in total. The Morgan fingerprint density at radius 2 is 1.12 bits per heavy atom. The van der Waals surface area contributed by atoms with E-state index in [1.165, 1.54) is 36.5 Å². The summed E-state index contributed by atoms with van der Waals surface area (Å²) in [7, 11) is 0. The minimum atomic E-state index is -0.466. The molecule has 0 saturated carbocycles.